The summed E-state index contributed by atoms with van der Waals surface area (Å²) in [5, 5.41) is 4.38. The molecule has 0 bridgehead atoms. The van der Waals surface area contributed by atoms with Crippen LogP contribution >= 0.6 is 0 Å². The Kier molecular flexibility index (Phi) is 4.18. The summed E-state index contributed by atoms with van der Waals surface area (Å²) in [5.74, 6) is 1.39. The van der Waals surface area contributed by atoms with Gasteiger partial charge in [0.25, 0.3) is 5.78 Å². The third kappa shape index (κ3) is 2.65. The van der Waals surface area contributed by atoms with Crippen molar-refractivity contribution in [3.8, 4) is 0 Å². The Morgan fingerprint density at radius 2 is 2.15 bits per heavy atom. The predicted molar refractivity (Wildman–Crippen MR) is 98.1 cm³/mol. The fourth-order valence-electron chi connectivity index (χ4n) is 3.82. The van der Waals surface area contributed by atoms with Crippen LogP contribution in [-0.2, 0) is 6.42 Å². The highest BCUT2D eigenvalue weighted by atomic mass is 19.1. The number of pyridine rings is 1. The molecule has 0 spiro atoms. The Balaban J connectivity index is 1.69. The summed E-state index contributed by atoms with van der Waals surface area (Å²) in [6.45, 7) is 8.53. The molecule has 7 nitrogen and oxygen atoms in total. The first-order valence-corrected chi connectivity index (χ1v) is 8.90. The zero-order valence-corrected chi connectivity index (χ0v) is 15.2. The molecule has 1 aliphatic rings. The molecule has 8 heteroatoms. The highest BCUT2D eigenvalue weighted by Gasteiger charge is 2.29. The van der Waals surface area contributed by atoms with Gasteiger partial charge in [0.1, 0.15) is 12.1 Å². The molecule has 0 aliphatic carbocycles. The molecule has 0 saturated carbocycles. The molecule has 26 heavy (non-hydrogen) atoms. The summed E-state index contributed by atoms with van der Waals surface area (Å²) in [6, 6.07) is 1.89. The summed E-state index contributed by atoms with van der Waals surface area (Å²) in [7, 11) is 0. The number of aryl methyl sites for hydroxylation is 1. The largest absolute Gasteiger partial charge is 0.363 e. The molecule has 3 aromatic heterocycles. The van der Waals surface area contributed by atoms with Crippen LogP contribution in [0, 0.1) is 12.7 Å². The third-order valence-electron chi connectivity index (χ3n) is 5.05. The second kappa shape index (κ2) is 6.51. The van der Waals surface area contributed by atoms with Crippen molar-refractivity contribution in [3.63, 3.8) is 0 Å². The molecule has 4 heterocycles. The Morgan fingerprint density at radius 3 is 2.88 bits per heavy atom. The van der Waals surface area contributed by atoms with Crippen LogP contribution in [0.4, 0.5) is 15.9 Å². The minimum absolute atomic E-state index is 0.150. The minimum Gasteiger partial charge on any atom is -0.363 e. The van der Waals surface area contributed by atoms with E-state index in [9.17, 15) is 4.39 Å². The van der Waals surface area contributed by atoms with Gasteiger partial charge in [-0.15, -0.1) is 0 Å². The monoisotopic (exact) mass is 355 g/mol. The van der Waals surface area contributed by atoms with E-state index in [2.05, 4.69) is 43.7 Å². The number of halogens is 1. The topological polar surface area (TPSA) is 62.5 Å². The number of fused-ring (bicyclic) bond motifs is 1. The summed E-state index contributed by atoms with van der Waals surface area (Å²) < 4.78 is 16.0. The van der Waals surface area contributed by atoms with Gasteiger partial charge < -0.3 is 9.80 Å². The van der Waals surface area contributed by atoms with E-state index in [0.717, 1.165) is 37.6 Å². The molecule has 1 unspecified atom stereocenters. The van der Waals surface area contributed by atoms with Gasteiger partial charge in [0.2, 0.25) is 0 Å². The molecule has 1 saturated heterocycles. The lowest BCUT2D eigenvalue weighted by molar-refractivity contribution is 0.525. The van der Waals surface area contributed by atoms with E-state index in [1.807, 2.05) is 11.4 Å². The summed E-state index contributed by atoms with van der Waals surface area (Å²) in [5.41, 5.74) is 2.77. The van der Waals surface area contributed by atoms with E-state index < -0.39 is 0 Å². The average molecular weight is 355 g/mol. The van der Waals surface area contributed by atoms with Crippen LogP contribution in [0.3, 0.4) is 0 Å². The van der Waals surface area contributed by atoms with Crippen molar-refractivity contribution in [1.29, 1.82) is 0 Å². The lowest BCUT2D eigenvalue weighted by Gasteiger charge is -2.42. The van der Waals surface area contributed by atoms with Gasteiger partial charge in [0.15, 0.2) is 5.82 Å². The standard InChI is InChI=1S/C18H22FN7/c1-4-14-13(3)23-18-21-11-22-26(18)17(14)24-7-8-25(12(2)10-24)16-5-6-20-9-15(16)19/h5-6,9,11-12H,4,7-8,10H2,1-3H3. The highest BCUT2D eigenvalue weighted by molar-refractivity contribution is 5.57. The molecule has 3 aromatic rings. The number of hydrogen-bond acceptors (Lipinski definition) is 6. The molecule has 0 aromatic carbocycles. The van der Waals surface area contributed by atoms with Gasteiger partial charge in [-0.2, -0.15) is 14.6 Å². The van der Waals surface area contributed by atoms with Crippen molar-refractivity contribution < 1.29 is 4.39 Å². The molecule has 1 aliphatic heterocycles. The molecule has 0 radical (unpaired) electrons. The predicted octanol–water partition coefficient (Wildman–Crippen LogP) is 2.24. The van der Waals surface area contributed by atoms with Crippen molar-refractivity contribution in [2.75, 3.05) is 29.4 Å². The van der Waals surface area contributed by atoms with Crippen LogP contribution in [0.1, 0.15) is 25.1 Å². The number of hydrogen-bond donors (Lipinski definition) is 0. The quantitative estimate of drug-likeness (QED) is 0.718. The number of rotatable bonds is 3. The van der Waals surface area contributed by atoms with Crippen molar-refractivity contribution in [2.45, 2.75) is 33.2 Å². The number of anilines is 2. The summed E-state index contributed by atoms with van der Waals surface area (Å²) in [4.78, 5) is 17.1. The molecule has 136 valence electrons. The van der Waals surface area contributed by atoms with Crippen LogP contribution < -0.4 is 9.80 Å². The third-order valence-corrected chi connectivity index (χ3v) is 5.05. The first-order chi connectivity index (χ1) is 12.6. The zero-order chi connectivity index (χ0) is 18.3. The van der Waals surface area contributed by atoms with Crippen molar-refractivity contribution in [3.05, 3.63) is 41.9 Å². The maximum absolute atomic E-state index is 14.2. The fourth-order valence-corrected chi connectivity index (χ4v) is 3.82. The molecular weight excluding hydrogens is 333 g/mol. The molecule has 0 amide bonds. The Labute approximate surface area is 151 Å². The Morgan fingerprint density at radius 1 is 1.31 bits per heavy atom. The van der Waals surface area contributed by atoms with Gasteiger partial charge in [-0.25, -0.2) is 9.37 Å². The SMILES string of the molecule is CCc1c(C)nc2ncnn2c1N1CCN(c2ccncc2F)C(C)C1. The number of nitrogens with zero attached hydrogens (tertiary/aromatic N) is 7. The van der Waals surface area contributed by atoms with E-state index >= 15 is 0 Å². The van der Waals surface area contributed by atoms with Crippen LogP contribution in [0.15, 0.2) is 24.8 Å². The van der Waals surface area contributed by atoms with E-state index in [1.165, 1.54) is 18.1 Å². The maximum atomic E-state index is 14.2. The Bertz CT molecular complexity index is 938. The number of aromatic nitrogens is 5. The molecule has 0 N–H and O–H groups in total. The van der Waals surface area contributed by atoms with Gasteiger partial charge in [-0.3, -0.25) is 4.98 Å². The fraction of sp³-hybridized carbons (Fsp3) is 0.444. The summed E-state index contributed by atoms with van der Waals surface area (Å²) in [6.07, 6.45) is 5.32. The van der Waals surface area contributed by atoms with Crippen LogP contribution in [0.2, 0.25) is 0 Å². The van der Waals surface area contributed by atoms with Gasteiger partial charge in [0.05, 0.1) is 11.9 Å². The van der Waals surface area contributed by atoms with E-state index in [1.54, 1.807) is 12.3 Å². The Hall–Kier alpha value is -2.77. The second-order valence-electron chi connectivity index (χ2n) is 6.64. The minimum atomic E-state index is -0.277. The lowest BCUT2D eigenvalue weighted by Crippen LogP contribution is -2.53. The van der Waals surface area contributed by atoms with Crippen molar-refractivity contribution in [2.24, 2.45) is 0 Å². The molecule has 1 fully saturated rings. The summed E-state index contributed by atoms with van der Waals surface area (Å²) >= 11 is 0. The van der Waals surface area contributed by atoms with Gasteiger partial charge in [0, 0.05) is 43.1 Å². The molecule has 1 atom stereocenters. The van der Waals surface area contributed by atoms with E-state index in [4.69, 9.17) is 0 Å². The van der Waals surface area contributed by atoms with E-state index in [0.29, 0.717) is 11.5 Å². The van der Waals surface area contributed by atoms with Crippen LogP contribution in [0.5, 0.6) is 0 Å². The second-order valence-corrected chi connectivity index (χ2v) is 6.64. The van der Waals surface area contributed by atoms with Gasteiger partial charge in [-0.05, 0) is 26.3 Å². The van der Waals surface area contributed by atoms with Gasteiger partial charge in [-0.1, -0.05) is 6.92 Å². The van der Waals surface area contributed by atoms with Gasteiger partial charge >= 0.3 is 0 Å². The first kappa shape index (κ1) is 16.7. The maximum Gasteiger partial charge on any atom is 0.254 e. The van der Waals surface area contributed by atoms with Crippen molar-refractivity contribution >= 4 is 17.3 Å². The molecule has 4 rings (SSSR count). The molecular formula is C18H22FN7. The number of piperazine rings is 1. The lowest BCUT2D eigenvalue weighted by atomic mass is 10.1. The van der Waals surface area contributed by atoms with E-state index in [-0.39, 0.29) is 11.9 Å². The smallest absolute Gasteiger partial charge is 0.254 e. The normalized spacial score (nSPS) is 17.9. The van der Waals surface area contributed by atoms with Crippen LogP contribution in [-0.4, -0.2) is 50.2 Å². The average Bonchev–Trinajstić information content (AvgIpc) is 3.09. The first-order valence-electron chi connectivity index (χ1n) is 8.90. The van der Waals surface area contributed by atoms with Crippen molar-refractivity contribution in [1.82, 2.24) is 24.6 Å². The van der Waals surface area contributed by atoms with Crippen LogP contribution in [0.25, 0.3) is 5.78 Å². The zero-order valence-electron chi connectivity index (χ0n) is 15.2. The highest BCUT2D eigenvalue weighted by Crippen LogP contribution is 2.29.